The van der Waals surface area contributed by atoms with Crippen molar-refractivity contribution >= 4 is 17.3 Å². The number of hydrogen-bond acceptors (Lipinski definition) is 4. The topological polar surface area (TPSA) is 75.5 Å². The third-order valence-corrected chi connectivity index (χ3v) is 3.38. The first kappa shape index (κ1) is 14.2. The lowest BCUT2D eigenvalue weighted by Gasteiger charge is -2.33. The van der Waals surface area contributed by atoms with Crippen molar-refractivity contribution in [3.63, 3.8) is 0 Å². The average Bonchev–Trinajstić information content (AvgIpc) is 2.38. The highest BCUT2D eigenvalue weighted by Crippen LogP contribution is 2.30. The minimum absolute atomic E-state index is 0.0800. The van der Waals surface area contributed by atoms with Crippen LogP contribution in [0.25, 0.3) is 0 Å². The number of carbonyl (C=O) groups is 1. The molecule has 0 aromatic heterocycles. The number of nitrogens with one attached hydrogen (secondary N) is 1. The molecule has 1 aromatic carbocycles. The molecule has 1 saturated heterocycles. The van der Waals surface area contributed by atoms with E-state index in [2.05, 4.69) is 5.32 Å². The van der Waals surface area contributed by atoms with E-state index in [0.29, 0.717) is 31.6 Å². The van der Waals surface area contributed by atoms with Crippen LogP contribution in [0, 0.1) is 15.9 Å². The third-order valence-electron chi connectivity index (χ3n) is 3.38. The number of nitrogens with zero attached hydrogens (tertiary/aromatic N) is 2. The average molecular weight is 281 g/mol. The maximum Gasteiger partial charge on any atom is 0.292 e. The van der Waals surface area contributed by atoms with Crippen molar-refractivity contribution in [2.45, 2.75) is 25.8 Å². The van der Waals surface area contributed by atoms with Crippen LogP contribution in [-0.4, -0.2) is 30.0 Å². The van der Waals surface area contributed by atoms with Gasteiger partial charge in [0, 0.05) is 38.2 Å². The van der Waals surface area contributed by atoms with Crippen molar-refractivity contribution < 1.29 is 14.1 Å². The van der Waals surface area contributed by atoms with Crippen LogP contribution in [0.1, 0.15) is 19.8 Å². The van der Waals surface area contributed by atoms with Crippen molar-refractivity contribution in [2.75, 3.05) is 18.0 Å². The fourth-order valence-corrected chi connectivity index (χ4v) is 2.46. The lowest BCUT2D eigenvalue weighted by molar-refractivity contribution is -0.384. The summed E-state index contributed by atoms with van der Waals surface area (Å²) < 4.78 is 13.3. The number of hydrogen-bond donors (Lipinski definition) is 1. The van der Waals surface area contributed by atoms with Crippen LogP contribution in [0.4, 0.5) is 15.8 Å². The summed E-state index contributed by atoms with van der Waals surface area (Å²) in [6, 6.07) is 3.55. The maximum absolute atomic E-state index is 13.3. The van der Waals surface area contributed by atoms with E-state index >= 15 is 0 Å². The molecule has 1 aliphatic rings. The molecule has 1 fully saturated rings. The molecule has 1 heterocycles. The van der Waals surface area contributed by atoms with E-state index in [1.807, 2.05) is 0 Å². The number of rotatable bonds is 3. The van der Waals surface area contributed by atoms with E-state index in [1.54, 1.807) is 4.90 Å². The Morgan fingerprint density at radius 3 is 2.65 bits per heavy atom. The first-order valence-corrected chi connectivity index (χ1v) is 6.43. The minimum Gasteiger partial charge on any atom is -0.366 e. The monoisotopic (exact) mass is 281 g/mol. The first-order valence-electron chi connectivity index (χ1n) is 6.43. The zero-order valence-corrected chi connectivity index (χ0v) is 11.1. The fraction of sp³-hybridized carbons (Fsp3) is 0.462. The Bertz CT molecular complexity index is 528. The molecule has 0 aliphatic carbocycles. The summed E-state index contributed by atoms with van der Waals surface area (Å²) in [5, 5.41) is 13.8. The molecule has 0 bridgehead atoms. The Kier molecular flexibility index (Phi) is 4.16. The van der Waals surface area contributed by atoms with Crippen LogP contribution >= 0.6 is 0 Å². The van der Waals surface area contributed by atoms with Gasteiger partial charge >= 0.3 is 0 Å². The van der Waals surface area contributed by atoms with Gasteiger partial charge in [-0.15, -0.1) is 0 Å². The number of anilines is 1. The van der Waals surface area contributed by atoms with E-state index in [0.717, 1.165) is 6.07 Å². The lowest BCUT2D eigenvalue weighted by atomic mass is 10.0. The molecular weight excluding hydrogens is 265 g/mol. The summed E-state index contributed by atoms with van der Waals surface area (Å²) in [6.45, 7) is 2.56. The summed E-state index contributed by atoms with van der Waals surface area (Å²) in [6.07, 6.45) is 1.38. The molecule has 1 aliphatic heterocycles. The molecule has 0 unspecified atom stereocenters. The van der Waals surface area contributed by atoms with Crippen LogP contribution in [-0.2, 0) is 4.79 Å². The molecule has 1 amide bonds. The SMILES string of the molecule is CC(=O)NC1CCN(c2cc(F)ccc2[N+](=O)[O-])CC1. The molecule has 7 heteroatoms. The van der Waals surface area contributed by atoms with Gasteiger partial charge in [0.05, 0.1) is 4.92 Å². The number of halogens is 1. The van der Waals surface area contributed by atoms with Gasteiger partial charge in [-0.05, 0) is 18.9 Å². The van der Waals surface area contributed by atoms with Crippen molar-refractivity contribution in [3.05, 3.63) is 34.1 Å². The molecule has 20 heavy (non-hydrogen) atoms. The second-order valence-corrected chi connectivity index (χ2v) is 4.85. The van der Waals surface area contributed by atoms with Crippen molar-refractivity contribution in [1.82, 2.24) is 5.32 Å². The molecule has 0 radical (unpaired) electrons. The molecule has 0 spiro atoms. The van der Waals surface area contributed by atoms with Crippen molar-refractivity contribution in [3.8, 4) is 0 Å². The summed E-state index contributed by atoms with van der Waals surface area (Å²) in [4.78, 5) is 23.3. The van der Waals surface area contributed by atoms with Gasteiger partial charge in [0.25, 0.3) is 5.69 Å². The molecule has 0 saturated carbocycles. The summed E-state index contributed by atoms with van der Waals surface area (Å²) in [5.41, 5.74) is 0.209. The Labute approximate surface area is 115 Å². The van der Waals surface area contributed by atoms with E-state index < -0.39 is 10.7 Å². The van der Waals surface area contributed by atoms with Gasteiger partial charge in [0.2, 0.25) is 5.91 Å². The second-order valence-electron chi connectivity index (χ2n) is 4.85. The Morgan fingerprint density at radius 2 is 2.10 bits per heavy atom. The first-order chi connectivity index (χ1) is 9.47. The molecule has 1 aromatic rings. The number of nitro benzene ring substituents is 1. The zero-order valence-electron chi connectivity index (χ0n) is 11.1. The zero-order chi connectivity index (χ0) is 14.7. The van der Waals surface area contributed by atoms with Crippen LogP contribution in [0.2, 0.25) is 0 Å². The predicted octanol–water partition coefficient (Wildman–Crippen LogP) is 1.84. The largest absolute Gasteiger partial charge is 0.366 e. The molecule has 1 N–H and O–H groups in total. The highest BCUT2D eigenvalue weighted by atomic mass is 19.1. The number of piperidine rings is 1. The standard InChI is InChI=1S/C13H16FN3O3/c1-9(18)15-11-4-6-16(7-5-11)13-8-10(14)2-3-12(13)17(19)20/h2-3,8,11H,4-7H2,1H3,(H,15,18). The Balaban J connectivity index is 2.12. The predicted molar refractivity (Wildman–Crippen MR) is 72.1 cm³/mol. The minimum atomic E-state index is -0.505. The smallest absolute Gasteiger partial charge is 0.292 e. The lowest BCUT2D eigenvalue weighted by Crippen LogP contribution is -2.44. The van der Waals surface area contributed by atoms with E-state index in [-0.39, 0.29) is 17.6 Å². The Hall–Kier alpha value is -2.18. The number of amides is 1. The number of benzene rings is 1. The van der Waals surface area contributed by atoms with Crippen LogP contribution in [0.5, 0.6) is 0 Å². The Morgan fingerprint density at radius 1 is 1.45 bits per heavy atom. The molecule has 2 rings (SSSR count). The summed E-state index contributed by atoms with van der Waals surface area (Å²) in [7, 11) is 0. The molecule has 6 nitrogen and oxygen atoms in total. The van der Waals surface area contributed by atoms with Crippen molar-refractivity contribution in [2.24, 2.45) is 0 Å². The number of nitro groups is 1. The van der Waals surface area contributed by atoms with Gasteiger partial charge < -0.3 is 10.2 Å². The third kappa shape index (κ3) is 3.23. The normalized spacial score (nSPS) is 16.0. The molecule has 0 atom stereocenters. The van der Waals surface area contributed by atoms with Crippen LogP contribution < -0.4 is 10.2 Å². The van der Waals surface area contributed by atoms with Crippen molar-refractivity contribution in [1.29, 1.82) is 0 Å². The van der Waals surface area contributed by atoms with Crippen LogP contribution in [0.3, 0.4) is 0 Å². The second kappa shape index (κ2) is 5.85. The van der Waals surface area contributed by atoms with E-state index in [9.17, 15) is 19.3 Å². The maximum atomic E-state index is 13.3. The summed E-state index contributed by atoms with van der Waals surface area (Å²) in [5.74, 6) is -0.574. The van der Waals surface area contributed by atoms with Gasteiger partial charge in [0.15, 0.2) is 0 Å². The summed E-state index contributed by atoms with van der Waals surface area (Å²) >= 11 is 0. The van der Waals surface area contributed by atoms with Gasteiger partial charge in [-0.3, -0.25) is 14.9 Å². The fourth-order valence-electron chi connectivity index (χ4n) is 2.46. The van der Waals surface area contributed by atoms with E-state index in [1.165, 1.54) is 19.1 Å². The van der Waals surface area contributed by atoms with Gasteiger partial charge in [-0.2, -0.15) is 0 Å². The number of carbonyl (C=O) groups excluding carboxylic acids is 1. The molecule has 108 valence electrons. The van der Waals surface area contributed by atoms with Gasteiger partial charge in [0.1, 0.15) is 11.5 Å². The highest BCUT2D eigenvalue weighted by Gasteiger charge is 2.25. The van der Waals surface area contributed by atoms with E-state index in [4.69, 9.17) is 0 Å². The molecular formula is C13H16FN3O3. The van der Waals surface area contributed by atoms with Gasteiger partial charge in [-0.25, -0.2) is 4.39 Å². The quantitative estimate of drug-likeness (QED) is 0.677. The highest BCUT2D eigenvalue weighted by molar-refractivity contribution is 5.73. The van der Waals surface area contributed by atoms with Gasteiger partial charge in [-0.1, -0.05) is 0 Å². The van der Waals surface area contributed by atoms with Crippen LogP contribution in [0.15, 0.2) is 18.2 Å².